The molecular weight excluding hydrogens is 186 g/mol. The second kappa shape index (κ2) is 3.64. The van der Waals surface area contributed by atoms with Gasteiger partial charge in [0.25, 0.3) is 0 Å². The molecule has 0 radical (unpaired) electrons. The van der Waals surface area contributed by atoms with Crippen LogP contribution in [0.3, 0.4) is 0 Å². The van der Waals surface area contributed by atoms with Gasteiger partial charge in [-0.05, 0) is 24.5 Å². The lowest BCUT2D eigenvalue weighted by Crippen LogP contribution is -2.10. The van der Waals surface area contributed by atoms with Crippen LogP contribution < -0.4 is 0 Å². The molecule has 0 aromatic carbocycles. The fraction of sp³-hybridized carbons (Fsp3) is 0.500. The van der Waals surface area contributed by atoms with Crippen molar-refractivity contribution < 1.29 is 5.11 Å². The fourth-order valence-electron chi connectivity index (χ4n) is 1.94. The average Bonchev–Trinajstić information content (AvgIpc) is 2.53. The molecule has 1 saturated carbocycles. The first kappa shape index (κ1) is 8.97. The predicted molar refractivity (Wildman–Crippen MR) is 51.8 cm³/mol. The van der Waals surface area contributed by atoms with Crippen LogP contribution in [-0.2, 0) is 0 Å². The van der Waals surface area contributed by atoms with Gasteiger partial charge >= 0.3 is 0 Å². The molecule has 0 bridgehead atoms. The van der Waals surface area contributed by atoms with Crippen LogP contribution in [0.25, 0.3) is 0 Å². The molecule has 1 aliphatic carbocycles. The van der Waals surface area contributed by atoms with Crippen LogP contribution in [0.1, 0.15) is 30.7 Å². The summed E-state index contributed by atoms with van der Waals surface area (Å²) in [6, 6.07) is 3.73. The van der Waals surface area contributed by atoms with Crippen LogP contribution in [0.2, 0.25) is 5.15 Å². The van der Waals surface area contributed by atoms with Crippen molar-refractivity contribution in [2.24, 2.45) is 0 Å². The number of hydrogen-bond donors (Lipinski definition) is 1. The van der Waals surface area contributed by atoms with E-state index in [2.05, 4.69) is 4.98 Å². The summed E-state index contributed by atoms with van der Waals surface area (Å²) in [5.41, 5.74) is 1.11. The second-order valence-electron chi connectivity index (χ2n) is 3.52. The van der Waals surface area contributed by atoms with Gasteiger partial charge in [-0.25, -0.2) is 4.98 Å². The van der Waals surface area contributed by atoms with Crippen LogP contribution in [0.5, 0.6) is 0 Å². The predicted octanol–water partition coefficient (Wildman–Crippen LogP) is 2.36. The number of hydrogen-bond acceptors (Lipinski definition) is 2. The van der Waals surface area contributed by atoms with E-state index in [9.17, 15) is 5.11 Å². The summed E-state index contributed by atoms with van der Waals surface area (Å²) in [6.07, 6.45) is 4.65. The van der Waals surface area contributed by atoms with E-state index < -0.39 is 0 Å². The number of aromatic nitrogens is 1. The van der Waals surface area contributed by atoms with E-state index in [0.717, 1.165) is 24.8 Å². The third kappa shape index (κ3) is 1.84. The first-order chi connectivity index (χ1) is 6.27. The molecule has 3 heteroatoms. The van der Waals surface area contributed by atoms with Crippen molar-refractivity contribution in [3.05, 3.63) is 29.0 Å². The van der Waals surface area contributed by atoms with Gasteiger partial charge in [0.05, 0.1) is 6.10 Å². The maximum absolute atomic E-state index is 9.65. The average molecular weight is 198 g/mol. The molecule has 0 saturated heterocycles. The van der Waals surface area contributed by atoms with E-state index in [1.807, 2.05) is 6.07 Å². The Morgan fingerprint density at radius 3 is 2.77 bits per heavy atom. The lowest BCUT2D eigenvalue weighted by molar-refractivity contribution is 0.163. The SMILES string of the molecule is OC1CCCC1c1ccc(Cl)nc1. The van der Waals surface area contributed by atoms with Crippen LogP contribution in [0, 0.1) is 0 Å². The highest BCUT2D eigenvalue weighted by Gasteiger charge is 2.26. The molecule has 1 fully saturated rings. The molecule has 0 spiro atoms. The highest BCUT2D eigenvalue weighted by Crippen LogP contribution is 2.34. The van der Waals surface area contributed by atoms with Crippen LogP contribution in [0.4, 0.5) is 0 Å². The summed E-state index contributed by atoms with van der Waals surface area (Å²) in [6.45, 7) is 0. The van der Waals surface area contributed by atoms with Gasteiger partial charge in [0.1, 0.15) is 5.15 Å². The topological polar surface area (TPSA) is 33.1 Å². The minimum absolute atomic E-state index is 0.192. The van der Waals surface area contributed by atoms with Gasteiger partial charge in [-0.1, -0.05) is 24.1 Å². The maximum atomic E-state index is 9.65. The Morgan fingerprint density at radius 1 is 1.38 bits per heavy atom. The molecule has 1 aromatic rings. The van der Waals surface area contributed by atoms with Gasteiger partial charge in [0.2, 0.25) is 0 Å². The van der Waals surface area contributed by atoms with Gasteiger partial charge in [-0.15, -0.1) is 0 Å². The molecule has 1 aliphatic rings. The normalized spacial score (nSPS) is 27.8. The van der Waals surface area contributed by atoms with E-state index in [1.54, 1.807) is 12.3 Å². The third-order valence-corrected chi connectivity index (χ3v) is 2.88. The minimum Gasteiger partial charge on any atom is -0.392 e. The fourth-order valence-corrected chi connectivity index (χ4v) is 2.05. The van der Waals surface area contributed by atoms with E-state index in [-0.39, 0.29) is 12.0 Å². The smallest absolute Gasteiger partial charge is 0.129 e. The molecular formula is C10H12ClNO. The summed E-state index contributed by atoms with van der Waals surface area (Å²) in [4.78, 5) is 4.01. The molecule has 2 rings (SSSR count). The molecule has 0 aliphatic heterocycles. The van der Waals surface area contributed by atoms with Gasteiger partial charge in [-0.3, -0.25) is 0 Å². The first-order valence-corrected chi connectivity index (χ1v) is 4.94. The highest BCUT2D eigenvalue weighted by molar-refractivity contribution is 6.29. The van der Waals surface area contributed by atoms with E-state index >= 15 is 0 Å². The highest BCUT2D eigenvalue weighted by atomic mass is 35.5. The minimum atomic E-state index is -0.192. The largest absolute Gasteiger partial charge is 0.392 e. The lowest BCUT2D eigenvalue weighted by Gasteiger charge is -2.13. The summed E-state index contributed by atoms with van der Waals surface area (Å²) >= 11 is 5.68. The second-order valence-corrected chi connectivity index (χ2v) is 3.91. The number of aliphatic hydroxyl groups excluding tert-OH is 1. The van der Waals surface area contributed by atoms with Crippen molar-refractivity contribution in [1.29, 1.82) is 0 Å². The molecule has 0 amide bonds. The van der Waals surface area contributed by atoms with Gasteiger partial charge in [0, 0.05) is 12.1 Å². The lowest BCUT2D eigenvalue weighted by atomic mass is 9.98. The van der Waals surface area contributed by atoms with Crippen LogP contribution in [0.15, 0.2) is 18.3 Å². The van der Waals surface area contributed by atoms with Crippen LogP contribution in [-0.4, -0.2) is 16.2 Å². The first-order valence-electron chi connectivity index (χ1n) is 4.57. The zero-order chi connectivity index (χ0) is 9.26. The van der Waals surface area contributed by atoms with Crippen molar-refractivity contribution in [2.75, 3.05) is 0 Å². The van der Waals surface area contributed by atoms with Gasteiger partial charge in [-0.2, -0.15) is 0 Å². The summed E-state index contributed by atoms with van der Waals surface area (Å²) in [5.74, 6) is 0.268. The zero-order valence-electron chi connectivity index (χ0n) is 7.28. The maximum Gasteiger partial charge on any atom is 0.129 e. The zero-order valence-corrected chi connectivity index (χ0v) is 8.04. The third-order valence-electron chi connectivity index (χ3n) is 2.66. The summed E-state index contributed by atoms with van der Waals surface area (Å²) < 4.78 is 0. The molecule has 13 heavy (non-hydrogen) atoms. The number of aliphatic hydroxyl groups is 1. The molecule has 1 aromatic heterocycles. The molecule has 70 valence electrons. The van der Waals surface area contributed by atoms with Crippen LogP contribution >= 0.6 is 11.6 Å². The summed E-state index contributed by atoms with van der Waals surface area (Å²) in [5, 5.41) is 10.2. The molecule has 1 heterocycles. The van der Waals surface area contributed by atoms with E-state index in [4.69, 9.17) is 11.6 Å². The van der Waals surface area contributed by atoms with Gasteiger partial charge < -0.3 is 5.11 Å². The molecule has 2 nitrogen and oxygen atoms in total. The number of rotatable bonds is 1. The Hall–Kier alpha value is -0.600. The molecule has 2 unspecified atom stereocenters. The number of halogens is 1. The van der Waals surface area contributed by atoms with Crippen molar-refractivity contribution in [1.82, 2.24) is 4.98 Å². The number of pyridine rings is 1. The van der Waals surface area contributed by atoms with Crippen molar-refractivity contribution >= 4 is 11.6 Å². The van der Waals surface area contributed by atoms with Crippen molar-refractivity contribution in [3.63, 3.8) is 0 Å². The van der Waals surface area contributed by atoms with Crippen molar-refractivity contribution in [2.45, 2.75) is 31.3 Å². The van der Waals surface area contributed by atoms with E-state index in [1.165, 1.54) is 0 Å². The number of nitrogens with zero attached hydrogens (tertiary/aromatic N) is 1. The van der Waals surface area contributed by atoms with E-state index in [0.29, 0.717) is 5.15 Å². The van der Waals surface area contributed by atoms with Gasteiger partial charge in [0.15, 0.2) is 0 Å². The molecule has 1 N–H and O–H groups in total. The summed E-state index contributed by atoms with van der Waals surface area (Å²) in [7, 11) is 0. The Balaban J connectivity index is 2.20. The Kier molecular flexibility index (Phi) is 2.51. The Labute approximate surface area is 82.6 Å². The Bertz CT molecular complexity index is 285. The Morgan fingerprint density at radius 2 is 2.23 bits per heavy atom. The standard InChI is InChI=1S/C10H12ClNO/c11-10-5-4-7(6-12-10)8-2-1-3-9(8)13/h4-6,8-9,13H,1-3H2. The molecule has 2 atom stereocenters. The quantitative estimate of drug-likeness (QED) is 0.702. The monoisotopic (exact) mass is 197 g/mol. The van der Waals surface area contributed by atoms with Crippen molar-refractivity contribution in [3.8, 4) is 0 Å².